The minimum absolute atomic E-state index is 0.166. The molecule has 212 valence electrons. The Morgan fingerprint density at radius 3 is 2.72 bits per heavy atom. The van der Waals surface area contributed by atoms with E-state index in [9.17, 15) is 14.5 Å². The molecule has 1 aliphatic rings. The Morgan fingerprint density at radius 1 is 1.36 bits per heavy atom. The van der Waals surface area contributed by atoms with Crippen molar-refractivity contribution in [2.24, 2.45) is 0 Å². The smallest absolute Gasteiger partial charge is 0.459 e. The normalized spacial score (nSPS) is 25.3. The number of esters is 1. The second-order valence-electron chi connectivity index (χ2n) is 8.84. The number of ether oxygens (including phenoxy) is 2. The number of aromatic nitrogens is 4. The Balaban J connectivity index is 1.62. The molecule has 1 fully saturated rings. The number of nitrogens with one attached hydrogen (secondary N) is 2. The molecule has 39 heavy (non-hydrogen) atoms. The fourth-order valence-electron chi connectivity index (χ4n) is 4.06. The molecule has 0 amide bonds. The van der Waals surface area contributed by atoms with Gasteiger partial charge in [-0.2, -0.15) is 5.09 Å². The van der Waals surface area contributed by atoms with Gasteiger partial charge in [-0.1, -0.05) is 18.2 Å². The summed E-state index contributed by atoms with van der Waals surface area (Å²) in [5, 5.41) is 16.3. The highest BCUT2D eigenvalue weighted by Gasteiger charge is 2.57. The van der Waals surface area contributed by atoms with Crippen molar-refractivity contribution in [3.63, 3.8) is 0 Å². The Morgan fingerprint density at radius 2 is 2.08 bits per heavy atom. The van der Waals surface area contributed by atoms with E-state index in [0.717, 1.165) is 0 Å². The number of hydrogen-bond acceptors (Lipinski definition) is 11. The van der Waals surface area contributed by atoms with Crippen molar-refractivity contribution >= 4 is 42.3 Å². The zero-order valence-electron chi connectivity index (χ0n) is 21.6. The molecule has 1 saturated heterocycles. The fourth-order valence-corrected chi connectivity index (χ4v) is 5.90. The van der Waals surface area contributed by atoms with Crippen LogP contribution in [-0.2, 0) is 23.4 Å². The second-order valence-corrected chi connectivity index (χ2v) is 10.8. The van der Waals surface area contributed by atoms with E-state index in [1.165, 1.54) is 37.1 Å². The Bertz CT molecular complexity index is 1370. The van der Waals surface area contributed by atoms with Gasteiger partial charge in [0.05, 0.1) is 25.9 Å². The number of hydrogen-bond donors (Lipinski definition) is 3. The molecular formula is C23H29ClFN6O7P. The maximum atomic E-state index is 15.6. The van der Waals surface area contributed by atoms with Crippen molar-refractivity contribution in [2.75, 3.05) is 32.0 Å². The summed E-state index contributed by atoms with van der Waals surface area (Å²) in [5.41, 5.74) is -1.22. The van der Waals surface area contributed by atoms with Crippen molar-refractivity contribution in [3.8, 4) is 5.75 Å². The molecule has 0 aliphatic carbocycles. The first-order chi connectivity index (χ1) is 18.6. The van der Waals surface area contributed by atoms with E-state index >= 15 is 4.39 Å². The van der Waals surface area contributed by atoms with Crippen LogP contribution in [0.2, 0.25) is 0 Å². The van der Waals surface area contributed by atoms with Crippen molar-refractivity contribution in [1.82, 2.24) is 24.6 Å². The van der Waals surface area contributed by atoms with Gasteiger partial charge in [-0.15, -0.1) is 11.6 Å². The topological polar surface area (TPSA) is 159 Å². The number of fused-ring (bicyclic) bond motifs is 1. The van der Waals surface area contributed by atoms with Gasteiger partial charge < -0.3 is 24.4 Å². The van der Waals surface area contributed by atoms with Crippen LogP contribution < -0.4 is 14.9 Å². The number of methoxy groups -OCH3 is 1. The predicted octanol–water partition coefficient (Wildman–Crippen LogP) is 2.74. The maximum Gasteiger partial charge on any atom is 0.459 e. The first-order valence-corrected chi connectivity index (χ1v) is 13.9. The molecule has 3 heterocycles. The summed E-state index contributed by atoms with van der Waals surface area (Å²) in [4.78, 5) is 24.9. The third-order valence-corrected chi connectivity index (χ3v) is 8.17. The van der Waals surface area contributed by atoms with E-state index in [4.69, 9.17) is 25.4 Å². The number of carbonyl (C=O) groups is 1. The van der Waals surface area contributed by atoms with Crippen LogP contribution in [0, 0.1) is 6.92 Å². The molecule has 1 aromatic carbocycles. The van der Waals surface area contributed by atoms with Crippen LogP contribution in [0.1, 0.15) is 19.0 Å². The lowest BCUT2D eigenvalue weighted by atomic mass is 9.99. The second kappa shape index (κ2) is 11.7. The number of aliphatic hydroxyl groups excluding tert-OH is 1. The zero-order chi connectivity index (χ0) is 28.4. The van der Waals surface area contributed by atoms with Crippen LogP contribution in [0.15, 0.2) is 36.7 Å². The first kappa shape index (κ1) is 29.1. The highest BCUT2D eigenvalue weighted by Crippen LogP contribution is 2.48. The van der Waals surface area contributed by atoms with Crippen molar-refractivity contribution in [2.45, 2.75) is 44.0 Å². The number of nitrogens with zero attached hydrogens (tertiary/aromatic N) is 4. The number of carbonyl (C=O) groups excluding carboxylic acids is 1. The van der Waals surface area contributed by atoms with Gasteiger partial charge in [0.15, 0.2) is 29.4 Å². The third kappa shape index (κ3) is 5.86. The van der Waals surface area contributed by atoms with Crippen molar-refractivity contribution < 1.29 is 37.4 Å². The van der Waals surface area contributed by atoms with Crippen molar-refractivity contribution in [1.29, 1.82) is 0 Å². The molecule has 3 N–H and O–H groups in total. The van der Waals surface area contributed by atoms with E-state index in [-0.39, 0.29) is 11.4 Å². The number of rotatable bonds is 11. The largest absolute Gasteiger partial charge is 0.468 e. The molecule has 13 nitrogen and oxygen atoms in total. The number of halogens is 2. The van der Waals surface area contributed by atoms with Crippen molar-refractivity contribution in [3.05, 3.63) is 42.5 Å². The first-order valence-electron chi connectivity index (χ1n) is 11.9. The van der Waals surface area contributed by atoms with Crippen LogP contribution in [0.4, 0.5) is 10.2 Å². The van der Waals surface area contributed by atoms with E-state index < -0.39 is 56.3 Å². The fraction of sp³-hybridized carbons (Fsp3) is 0.478. The lowest BCUT2D eigenvalue weighted by Gasteiger charge is -2.31. The lowest BCUT2D eigenvalue weighted by molar-refractivity contribution is -0.142. The lowest BCUT2D eigenvalue weighted by Crippen LogP contribution is -2.48. The van der Waals surface area contributed by atoms with Crippen LogP contribution >= 0.6 is 19.3 Å². The van der Waals surface area contributed by atoms with Crippen LogP contribution in [0.25, 0.3) is 11.2 Å². The third-order valence-electron chi connectivity index (χ3n) is 6.09. The van der Waals surface area contributed by atoms with Gasteiger partial charge in [0.25, 0.3) is 0 Å². The SMILES string of the molecule is CNc1nc(C)nc2c1ncn2[C@@H]1O[C@](CCl)(CO[P@](=O)(N[C@H](C)C(=O)OC)Oc2ccccc2)[C@@H](O)[C@@H]1F. The van der Waals surface area contributed by atoms with Gasteiger partial charge in [-0.05, 0) is 26.0 Å². The molecular weight excluding hydrogens is 558 g/mol. The average Bonchev–Trinajstić information content (AvgIpc) is 3.45. The Hall–Kier alpha value is -2.87. The average molecular weight is 587 g/mol. The number of alkyl halides is 2. The van der Waals surface area contributed by atoms with E-state index in [0.29, 0.717) is 17.2 Å². The van der Waals surface area contributed by atoms with Gasteiger partial charge in [0, 0.05) is 7.05 Å². The minimum Gasteiger partial charge on any atom is -0.468 e. The molecule has 6 atom stereocenters. The Kier molecular flexibility index (Phi) is 8.74. The summed E-state index contributed by atoms with van der Waals surface area (Å²) in [6.07, 6.45) is -3.87. The van der Waals surface area contributed by atoms with E-state index in [2.05, 4.69) is 30.1 Å². The monoisotopic (exact) mass is 586 g/mol. The quantitative estimate of drug-likeness (QED) is 0.172. The molecule has 1 aliphatic heterocycles. The van der Waals surface area contributed by atoms with Gasteiger partial charge in [0.1, 0.15) is 29.3 Å². The summed E-state index contributed by atoms with van der Waals surface area (Å²) < 4.78 is 52.5. The molecule has 3 aromatic rings. The summed E-state index contributed by atoms with van der Waals surface area (Å²) in [6, 6.07) is 6.97. The summed E-state index contributed by atoms with van der Waals surface area (Å²) in [5.74, 6) is -0.166. The van der Waals surface area contributed by atoms with Crippen LogP contribution in [0.3, 0.4) is 0 Å². The Labute approximate surface area is 228 Å². The molecule has 4 rings (SSSR count). The minimum atomic E-state index is -4.33. The highest BCUT2D eigenvalue weighted by molar-refractivity contribution is 7.52. The molecule has 0 saturated carbocycles. The van der Waals surface area contributed by atoms with Gasteiger partial charge >= 0.3 is 13.7 Å². The predicted molar refractivity (Wildman–Crippen MR) is 139 cm³/mol. The number of aliphatic hydroxyl groups is 1. The standard InChI is InChI=1S/C23H29ClFN6O7P/c1-13(22(33)35-4)30-39(34,38-15-8-6-5-7-9-15)36-11-23(10-24)18(32)16(25)21(37-23)31-12-27-17-19(26-3)28-14(2)29-20(17)31/h5-9,12-13,16,18,21,32H,10-11H2,1-4H3,(H,30,34)(H,26,28,29)/t13-,16+,18+,21-,23-,39-/m1/s1. The number of anilines is 1. The highest BCUT2D eigenvalue weighted by atomic mass is 35.5. The molecule has 2 aromatic heterocycles. The number of imidazole rings is 1. The summed E-state index contributed by atoms with van der Waals surface area (Å²) in [7, 11) is -1.50. The van der Waals surface area contributed by atoms with Crippen LogP contribution in [-0.4, -0.2) is 81.2 Å². The molecule has 0 unspecified atom stereocenters. The molecule has 16 heteroatoms. The zero-order valence-corrected chi connectivity index (χ0v) is 23.2. The summed E-state index contributed by atoms with van der Waals surface area (Å²) >= 11 is 6.19. The van der Waals surface area contributed by atoms with Crippen LogP contribution in [0.5, 0.6) is 5.75 Å². The van der Waals surface area contributed by atoms with Gasteiger partial charge in [0.2, 0.25) is 0 Å². The van der Waals surface area contributed by atoms with E-state index in [1.807, 2.05) is 0 Å². The maximum absolute atomic E-state index is 15.6. The van der Waals surface area contributed by atoms with E-state index in [1.54, 1.807) is 32.2 Å². The summed E-state index contributed by atoms with van der Waals surface area (Å²) in [6.45, 7) is 2.40. The molecule has 0 spiro atoms. The number of para-hydroxylation sites is 1. The number of aryl methyl sites for hydroxylation is 1. The molecule has 0 bridgehead atoms. The van der Waals surface area contributed by atoms with Gasteiger partial charge in [-0.3, -0.25) is 13.9 Å². The molecule has 0 radical (unpaired) electrons. The van der Waals surface area contributed by atoms with Gasteiger partial charge in [-0.25, -0.2) is 23.9 Å². The number of benzene rings is 1.